The molecule has 0 saturated carbocycles. The van der Waals surface area contributed by atoms with E-state index < -0.39 is 0 Å². The summed E-state index contributed by atoms with van der Waals surface area (Å²) in [6, 6.07) is 9.39. The summed E-state index contributed by atoms with van der Waals surface area (Å²) in [6.07, 6.45) is 0.904. The first-order chi connectivity index (χ1) is 11.2. The van der Waals surface area contributed by atoms with Crippen molar-refractivity contribution in [2.45, 2.75) is 19.4 Å². The zero-order chi connectivity index (χ0) is 16.5. The number of ether oxygens (including phenoxy) is 2. The molecule has 2 rings (SSSR count). The lowest BCUT2D eigenvalue weighted by Crippen LogP contribution is -2.28. The molecule has 122 valence electrons. The molecular formula is C17H19NO4S. The number of aryl methyl sites for hydroxylation is 1. The molecule has 1 N–H and O–H groups in total. The Morgan fingerprint density at radius 3 is 2.78 bits per heavy atom. The number of benzene rings is 1. The number of amides is 1. The molecule has 0 aliphatic rings. The van der Waals surface area contributed by atoms with Crippen LogP contribution in [0.1, 0.15) is 17.5 Å². The topological polar surface area (TPSA) is 64.6 Å². The quantitative estimate of drug-likeness (QED) is 0.754. The maximum atomic E-state index is 11.7. The van der Waals surface area contributed by atoms with E-state index in [1.165, 1.54) is 0 Å². The first-order valence-corrected chi connectivity index (χ1v) is 8.18. The van der Waals surface area contributed by atoms with Crippen LogP contribution in [0.25, 0.3) is 0 Å². The fourth-order valence-electron chi connectivity index (χ4n) is 1.99. The molecule has 0 atom stereocenters. The molecular weight excluding hydrogens is 314 g/mol. The fraction of sp³-hybridized carbons (Fsp3) is 0.294. The van der Waals surface area contributed by atoms with Crippen LogP contribution in [0.2, 0.25) is 0 Å². The van der Waals surface area contributed by atoms with Crippen LogP contribution >= 0.6 is 11.3 Å². The molecule has 0 saturated heterocycles. The van der Waals surface area contributed by atoms with E-state index in [1.54, 1.807) is 18.4 Å². The van der Waals surface area contributed by atoms with Gasteiger partial charge in [-0.15, -0.1) is 0 Å². The summed E-state index contributed by atoms with van der Waals surface area (Å²) in [7, 11) is 1.58. The third-order valence-corrected chi connectivity index (χ3v) is 3.96. The number of hydrogen-bond donors (Lipinski definition) is 1. The Morgan fingerprint density at radius 2 is 2.04 bits per heavy atom. The Kier molecular flexibility index (Phi) is 6.62. The van der Waals surface area contributed by atoms with Crippen molar-refractivity contribution in [3.05, 3.63) is 52.2 Å². The molecule has 1 amide bonds. The summed E-state index contributed by atoms with van der Waals surface area (Å²) in [6.45, 7) is 0.0624. The van der Waals surface area contributed by atoms with E-state index in [2.05, 4.69) is 5.32 Å². The van der Waals surface area contributed by atoms with Gasteiger partial charge in [0.25, 0.3) is 5.91 Å². The number of thiophene rings is 1. The monoisotopic (exact) mass is 333 g/mol. The van der Waals surface area contributed by atoms with Crippen molar-refractivity contribution >= 4 is 23.2 Å². The van der Waals surface area contributed by atoms with E-state index in [0.29, 0.717) is 18.7 Å². The maximum absolute atomic E-state index is 11.7. The zero-order valence-electron chi connectivity index (χ0n) is 12.9. The van der Waals surface area contributed by atoms with E-state index in [0.717, 1.165) is 11.1 Å². The normalized spacial score (nSPS) is 10.1. The summed E-state index contributed by atoms with van der Waals surface area (Å²) < 4.78 is 10.2. The molecule has 5 nitrogen and oxygen atoms in total. The van der Waals surface area contributed by atoms with Crippen LogP contribution in [0.4, 0.5) is 0 Å². The number of esters is 1. The minimum absolute atomic E-state index is 0.266. The standard InChI is InChI=1S/C17H19NO4S/c1-21-15-5-3-2-4-14(15)10-18-16(19)11-22-17(20)7-6-13-8-9-23-12-13/h2-5,8-9,12H,6-7,10-11H2,1H3,(H,18,19). The summed E-state index contributed by atoms with van der Waals surface area (Å²) in [4.78, 5) is 23.3. The Bertz CT molecular complexity index is 640. The molecule has 0 spiro atoms. The number of methoxy groups -OCH3 is 1. The van der Waals surface area contributed by atoms with Gasteiger partial charge in [0.05, 0.1) is 7.11 Å². The molecule has 0 unspecified atom stereocenters. The van der Waals surface area contributed by atoms with Crippen molar-refractivity contribution in [2.75, 3.05) is 13.7 Å². The van der Waals surface area contributed by atoms with Crippen molar-refractivity contribution in [1.82, 2.24) is 5.32 Å². The Labute approximate surface area is 139 Å². The molecule has 0 aliphatic carbocycles. The van der Waals surface area contributed by atoms with Crippen molar-refractivity contribution in [3.63, 3.8) is 0 Å². The van der Waals surface area contributed by atoms with Gasteiger partial charge < -0.3 is 14.8 Å². The van der Waals surface area contributed by atoms with Gasteiger partial charge in [-0.3, -0.25) is 9.59 Å². The highest BCUT2D eigenvalue weighted by Gasteiger charge is 2.09. The lowest BCUT2D eigenvalue weighted by atomic mass is 10.2. The SMILES string of the molecule is COc1ccccc1CNC(=O)COC(=O)CCc1ccsc1. The van der Waals surface area contributed by atoms with E-state index >= 15 is 0 Å². The summed E-state index contributed by atoms with van der Waals surface area (Å²) in [5.41, 5.74) is 1.97. The zero-order valence-corrected chi connectivity index (χ0v) is 13.7. The molecule has 0 radical (unpaired) electrons. The van der Waals surface area contributed by atoms with Gasteiger partial charge in [0.2, 0.25) is 0 Å². The lowest BCUT2D eigenvalue weighted by molar-refractivity contribution is -0.148. The summed E-state index contributed by atoms with van der Waals surface area (Å²) in [5, 5.41) is 6.66. The van der Waals surface area contributed by atoms with Gasteiger partial charge in [0, 0.05) is 18.5 Å². The highest BCUT2D eigenvalue weighted by atomic mass is 32.1. The van der Waals surface area contributed by atoms with Crippen LogP contribution in [0, 0.1) is 0 Å². The number of rotatable bonds is 8. The van der Waals surface area contributed by atoms with Crippen molar-refractivity contribution in [2.24, 2.45) is 0 Å². The molecule has 0 aliphatic heterocycles. The number of hydrogen-bond acceptors (Lipinski definition) is 5. The van der Waals surface area contributed by atoms with Crippen LogP contribution in [-0.2, 0) is 27.3 Å². The number of carbonyl (C=O) groups excluding carboxylic acids is 2. The van der Waals surface area contributed by atoms with Crippen molar-refractivity contribution in [1.29, 1.82) is 0 Å². The molecule has 0 bridgehead atoms. The van der Waals surface area contributed by atoms with Gasteiger partial charge in [-0.1, -0.05) is 18.2 Å². The first kappa shape index (κ1) is 17.0. The van der Waals surface area contributed by atoms with E-state index in [-0.39, 0.29) is 24.9 Å². The minimum Gasteiger partial charge on any atom is -0.496 e. The van der Waals surface area contributed by atoms with Crippen LogP contribution in [0.5, 0.6) is 5.75 Å². The molecule has 1 aromatic carbocycles. The van der Waals surface area contributed by atoms with Gasteiger partial charge in [0.15, 0.2) is 6.61 Å². The Hall–Kier alpha value is -2.34. The highest BCUT2D eigenvalue weighted by Crippen LogP contribution is 2.16. The maximum Gasteiger partial charge on any atom is 0.306 e. The predicted octanol–water partition coefficient (Wildman–Crippen LogP) is 2.55. The van der Waals surface area contributed by atoms with Gasteiger partial charge in [0.1, 0.15) is 5.75 Å². The predicted molar refractivity (Wildman–Crippen MR) is 88.4 cm³/mol. The Morgan fingerprint density at radius 1 is 1.22 bits per heavy atom. The van der Waals surface area contributed by atoms with Crippen LogP contribution < -0.4 is 10.1 Å². The molecule has 6 heteroatoms. The lowest BCUT2D eigenvalue weighted by Gasteiger charge is -2.09. The molecule has 0 fully saturated rings. The number of nitrogens with one attached hydrogen (secondary N) is 1. The van der Waals surface area contributed by atoms with E-state index in [9.17, 15) is 9.59 Å². The van der Waals surface area contributed by atoms with Crippen molar-refractivity contribution < 1.29 is 19.1 Å². The summed E-state index contributed by atoms with van der Waals surface area (Å²) >= 11 is 1.59. The van der Waals surface area contributed by atoms with Gasteiger partial charge in [-0.05, 0) is 34.9 Å². The highest BCUT2D eigenvalue weighted by molar-refractivity contribution is 7.07. The van der Waals surface area contributed by atoms with Crippen LogP contribution in [0.3, 0.4) is 0 Å². The smallest absolute Gasteiger partial charge is 0.306 e. The average Bonchev–Trinajstić information content (AvgIpc) is 3.10. The third kappa shape index (κ3) is 5.75. The largest absolute Gasteiger partial charge is 0.496 e. The first-order valence-electron chi connectivity index (χ1n) is 7.24. The average molecular weight is 333 g/mol. The molecule has 1 heterocycles. The third-order valence-electron chi connectivity index (χ3n) is 3.23. The van der Waals surface area contributed by atoms with Gasteiger partial charge in [-0.2, -0.15) is 11.3 Å². The second-order valence-electron chi connectivity index (χ2n) is 4.88. The second-order valence-corrected chi connectivity index (χ2v) is 5.66. The van der Waals surface area contributed by atoms with Crippen molar-refractivity contribution in [3.8, 4) is 5.75 Å². The molecule has 2 aromatic rings. The number of carbonyl (C=O) groups is 2. The van der Waals surface area contributed by atoms with Gasteiger partial charge >= 0.3 is 5.97 Å². The summed E-state index contributed by atoms with van der Waals surface area (Å²) in [5.74, 6) is 0.00369. The van der Waals surface area contributed by atoms with Crippen LogP contribution in [0.15, 0.2) is 41.1 Å². The van der Waals surface area contributed by atoms with Crippen LogP contribution in [-0.4, -0.2) is 25.6 Å². The second kappa shape index (κ2) is 8.95. The Balaban J connectivity index is 1.67. The number of para-hydroxylation sites is 1. The van der Waals surface area contributed by atoms with E-state index in [1.807, 2.05) is 41.1 Å². The molecule has 23 heavy (non-hydrogen) atoms. The van der Waals surface area contributed by atoms with E-state index in [4.69, 9.17) is 9.47 Å². The molecule has 1 aromatic heterocycles. The van der Waals surface area contributed by atoms with Gasteiger partial charge in [-0.25, -0.2) is 0 Å². The minimum atomic E-state index is -0.372. The fourth-order valence-corrected chi connectivity index (χ4v) is 2.70.